The standard InChI is InChI=1S/C24H18N2O3/c1-28-20-14-12-19(13-15-20)23(18-10-6-3-7-11-18)26-25-21-16-22(29-24(21)27)17-8-4-2-5-9-17/h2-16H,1H3. The maximum atomic E-state index is 12.2. The molecular formula is C24H18N2O3. The molecule has 0 aliphatic carbocycles. The second-order valence-electron chi connectivity index (χ2n) is 6.29. The van der Waals surface area contributed by atoms with Crippen LogP contribution in [-0.2, 0) is 9.53 Å². The molecule has 0 amide bonds. The van der Waals surface area contributed by atoms with Crippen molar-refractivity contribution >= 4 is 23.2 Å². The Hall–Kier alpha value is -3.99. The van der Waals surface area contributed by atoms with Gasteiger partial charge in [0.05, 0.1) is 7.11 Å². The molecule has 5 heteroatoms. The molecule has 0 aromatic heterocycles. The summed E-state index contributed by atoms with van der Waals surface area (Å²) in [5, 5.41) is 8.60. The van der Waals surface area contributed by atoms with E-state index in [9.17, 15) is 4.79 Å². The molecule has 3 aromatic carbocycles. The molecule has 0 bridgehead atoms. The van der Waals surface area contributed by atoms with Gasteiger partial charge >= 0.3 is 5.97 Å². The molecule has 0 atom stereocenters. The molecule has 0 spiro atoms. The Bertz CT molecular complexity index is 1100. The Morgan fingerprint density at radius 3 is 2.10 bits per heavy atom. The van der Waals surface area contributed by atoms with Gasteiger partial charge in [-0.3, -0.25) is 0 Å². The largest absolute Gasteiger partial charge is 0.497 e. The Balaban J connectivity index is 1.72. The summed E-state index contributed by atoms with van der Waals surface area (Å²) < 4.78 is 10.6. The van der Waals surface area contributed by atoms with Crippen LogP contribution in [0.4, 0.5) is 0 Å². The molecule has 29 heavy (non-hydrogen) atoms. The minimum atomic E-state index is -0.519. The van der Waals surface area contributed by atoms with Gasteiger partial charge in [0.25, 0.3) is 0 Å². The van der Waals surface area contributed by atoms with E-state index < -0.39 is 5.97 Å². The molecule has 3 aromatic rings. The first-order chi connectivity index (χ1) is 14.2. The van der Waals surface area contributed by atoms with Crippen molar-refractivity contribution in [2.45, 2.75) is 0 Å². The number of hydrogen-bond donors (Lipinski definition) is 0. The fraction of sp³-hybridized carbons (Fsp3) is 0.0417. The van der Waals surface area contributed by atoms with Crippen molar-refractivity contribution < 1.29 is 14.3 Å². The van der Waals surface area contributed by atoms with Crippen LogP contribution < -0.4 is 4.74 Å². The summed E-state index contributed by atoms with van der Waals surface area (Å²) in [6.07, 6.45) is 1.61. The summed E-state index contributed by atoms with van der Waals surface area (Å²) in [4.78, 5) is 12.2. The number of ether oxygens (including phenoxy) is 2. The summed E-state index contributed by atoms with van der Waals surface area (Å²) in [6, 6.07) is 26.6. The normalized spacial score (nSPS) is 15.2. The minimum absolute atomic E-state index is 0.158. The quantitative estimate of drug-likeness (QED) is 0.371. The van der Waals surface area contributed by atoms with Crippen molar-refractivity contribution in [2.24, 2.45) is 10.2 Å². The van der Waals surface area contributed by atoms with Gasteiger partial charge in [0.1, 0.15) is 17.2 Å². The molecule has 0 saturated carbocycles. The SMILES string of the molecule is COc1ccc(C(=NN=C2C=C(c3ccccc3)OC2=O)c2ccccc2)cc1. The van der Waals surface area contributed by atoms with Gasteiger partial charge < -0.3 is 9.47 Å². The van der Waals surface area contributed by atoms with Gasteiger partial charge in [0, 0.05) is 22.8 Å². The predicted octanol–water partition coefficient (Wildman–Crippen LogP) is 4.49. The van der Waals surface area contributed by atoms with E-state index in [1.54, 1.807) is 13.2 Å². The van der Waals surface area contributed by atoms with Gasteiger partial charge in [-0.25, -0.2) is 4.79 Å². The first kappa shape index (κ1) is 18.4. The highest BCUT2D eigenvalue weighted by Crippen LogP contribution is 2.22. The number of esters is 1. The number of rotatable bonds is 5. The Morgan fingerprint density at radius 1 is 0.828 bits per heavy atom. The first-order valence-corrected chi connectivity index (χ1v) is 9.09. The Labute approximate surface area is 168 Å². The lowest BCUT2D eigenvalue weighted by Gasteiger charge is -2.07. The molecule has 0 saturated heterocycles. The van der Waals surface area contributed by atoms with Crippen molar-refractivity contribution in [2.75, 3.05) is 7.11 Å². The topological polar surface area (TPSA) is 60.3 Å². The van der Waals surface area contributed by atoms with Gasteiger partial charge in [-0.2, -0.15) is 0 Å². The van der Waals surface area contributed by atoms with E-state index >= 15 is 0 Å². The number of carbonyl (C=O) groups excluding carboxylic acids is 1. The van der Waals surface area contributed by atoms with E-state index in [0.717, 1.165) is 22.4 Å². The van der Waals surface area contributed by atoms with Crippen LogP contribution >= 0.6 is 0 Å². The number of nitrogens with zero attached hydrogens (tertiary/aromatic N) is 2. The minimum Gasteiger partial charge on any atom is -0.497 e. The fourth-order valence-corrected chi connectivity index (χ4v) is 2.91. The Morgan fingerprint density at radius 2 is 1.45 bits per heavy atom. The lowest BCUT2D eigenvalue weighted by Crippen LogP contribution is -2.08. The smallest absolute Gasteiger partial charge is 0.364 e. The van der Waals surface area contributed by atoms with Crippen molar-refractivity contribution in [3.8, 4) is 5.75 Å². The van der Waals surface area contributed by atoms with Crippen LogP contribution in [0.3, 0.4) is 0 Å². The van der Waals surface area contributed by atoms with Gasteiger partial charge in [0.2, 0.25) is 0 Å². The number of hydrogen-bond acceptors (Lipinski definition) is 5. The highest BCUT2D eigenvalue weighted by atomic mass is 16.5. The van der Waals surface area contributed by atoms with Gasteiger partial charge in [-0.05, 0) is 24.3 Å². The molecule has 0 unspecified atom stereocenters. The summed E-state index contributed by atoms with van der Waals surface area (Å²) >= 11 is 0. The summed E-state index contributed by atoms with van der Waals surface area (Å²) in [6.45, 7) is 0. The molecular weight excluding hydrogens is 364 g/mol. The number of methoxy groups -OCH3 is 1. The van der Waals surface area contributed by atoms with Gasteiger partial charge in [0.15, 0.2) is 5.71 Å². The van der Waals surface area contributed by atoms with Crippen LogP contribution in [0.15, 0.2) is 101 Å². The van der Waals surface area contributed by atoms with E-state index in [-0.39, 0.29) is 5.71 Å². The van der Waals surface area contributed by atoms with Crippen molar-refractivity contribution in [1.82, 2.24) is 0 Å². The number of carbonyl (C=O) groups is 1. The maximum absolute atomic E-state index is 12.2. The lowest BCUT2D eigenvalue weighted by atomic mass is 10.0. The van der Waals surface area contributed by atoms with Crippen LogP contribution in [0.2, 0.25) is 0 Å². The van der Waals surface area contributed by atoms with Crippen molar-refractivity contribution in [3.63, 3.8) is 0 Å². The number of cyclic esters (lactones) is 1. The van der Waals surface area contributed by atoms with Crippen molar-refractivity contribution in [1.29, 1.82) is 0 Å². The van der Waals surface area contributed by atoms with E-state index in [1.165, 1.54) is 0 Å². The summed E-state index contributed by atoms with van der Waals surface area (Å²) in [5.41, 5.74) is 3.37. The lowest BCUT2D eigenvalue weighted by molar-refractivity contribution is -0.128. The van der Waals surface area contributed by atoms with Crippen molar-refractivity contribution in [3.05, 3.63) is 108 Å². The molecule has 1 heterocycles. The molecule has 0 N–H and O–H groups in total. The molecule has 142 valence electrons. The maximum Gasteiger partial charge on any atom is 0.364 e. The fourth-order valence-electron chi connectivity index (χ4n) is 2.91. The first-order valence-electron chi connectivity index (χ1n) is 9.09. The van der Waals surface area contributed by atoms with Crippen LogP contribution in [-0.4, -0.2) is 24.5 Å². The van der Waals surface area contributed by atoms with Gasteiger partial charge in [-0.1, -0.05) is 60.7 Å². The van der Waals surface area contributed by atoms with E-state index in [0.29, 0.717) is 11.5 Å². The van der Waals surface area contributed by atoms with E-state index in [2.05, 4.69) is 10.2 Å². The van der Waals surface area contributed by atoms with Gasteiger partial charge in [-0.15, -0.1) is 10.2 Å². The predicted molar refractivity (Wildman–Crippen MR) is 113 cm³/mol. The van der Waals surface area contributed by atoms with E-state index in [4.69, 9.17) is 9.47 Å². The zero-order valence-electron chi connectivity index (χ0n) is 15.8. The second kappa shape index (κ2) is 8.35. The summed E-state index contributed by atoms with van der Waals surface area (Å²) in [5.74, 6) is 0.701. The Kier molecular flexibility index (Phi) is 5.29. The van der Waals surface area contributed by atoms with Crippen LogP contribution in [0, 0.1) is 0 Å². The van der Waals surface area contributed by atoms with Crippen LogP contribution in [0.25, 0.3) is 5.76 Å². The third-order valence-electron chi connectivity index (χ3n) is 4.41. The molecule has 1 aliphatic heterocycles. The monoisotopic (exact) mass is 382 g/mol. The van der Waals surface area contributed by atoms with Crippen LogP contribution in [0.5, 0.6) is 5.75 Å². The third kappa shape index (κ3) is 4.14. The molecule has 0 radical (unpaired) electrons. The average molecular weight is 382 g/mol. The zero-order chi connectivity index (χ0) is 20.1. The number of benzene rings is 3. The zero-order valence-corrected chi connectivity index (χ0v) is 15.8. The summed E-state index contributed by atoms with van der Waals surface area (Å²) in [7, 11) is 1.62. The highest BCUT2D eigenvalue weighted by Gasteiger charge is 2.23. The molecule has 5 nitrogen and oxygen atoms in total. The second-order valence-corrected chi connectivity index (χ2v) is 6.29. The average Bonchev–Trinajstić information content (AvgIpc) is 3.16. The van der Waals surface area contributed by atoms with E-state index in [1.807, 2.05) is 84.9 Å². The highest BCUT2D eigenvalue weighted by molar-refractivity contribution is 6.45. The van der Waals surface area contributed by atoms with Crippen LogP contribution in [0.1, 0.15) is 16.7 Å². The third-order valence-corrected chi connectivity index (χ3v) is 4.41. The molecule has 0 fully saturated rings. The molecule has 4 rings (SSSR count). The molecule has 1 aliphatic rings.